The fraction of sp³-hybridized carbons (Fsp3) is 0.643. The molecule has 3 nitrogen and oxygen atoms in total. The van der Waals surface area contributed by atoms with Gasteiger partial charge in [0.15, 0.2) is 11.6 Å². The van der Waals surface area contributed by atoms with Crippen LogP contribution in [0.3, 0.4) is 0 Å². The number of nitrogens with zero attached hydrogens (tertiary/aromatic N) is 3. The van der Waals surface area contributed by atoms with Crippen LogP contribution in [-0.4, -0.2) is 41.6 Å². The summed E-state index contributed by atoms with van der Waals surface area (Å²) < 4.78 is 14.4. The zero-order valence-electron chi connectivity index (χ0n) is 11.1. The van der Waals surface area contributed by atoms with Gasteiger partial charge < -0.3 is 4.90 Å². The van der Waals surface area contributed by atoms with Crippen LogP contribution in [0.25, 0.3) is 0 Å². The molecule has 104 valence electrons. The minimum atomic E-state index is -0.254. The normalized spacial score (nSPS) is 27.6. The summed E-state index contributed by atoms with van der Waals surface area (Å²) in [7, 11) is 0. The predicted octanol–water partition coefficient (Wildman–Crippen LogP) is 2.63. The Morgan fingerprint density at radius 1 is 1.47 bits per heavy atom. The molecule has 2 atom stereocenters. The molecule has 2 saturated heterocycles. The molecular formula is C14H19ClFN3. The smallest absolute Gasteiger partial charge is 0.170 e. The van der Waals surface area contributed by atoms with Crippen molar-refractivity contribution in [2.75, 3.05) is 24.5 Å². The quantitative estimate of drug-likeness (QED) is 0.778. The van der Waals surface area contributed by atoms with Gasteiger partial charge in [-0.15, -0.1) is 11.6 Å². The molecule has 19 heavy (non-hydrogen) atoms. The van der Waals surface area contributed by atoms with Crippen LogP contribution in [0.4, 0.5) is 10.2 Å². The zero-order valence-corrected chi connectivity index (χ0v) is 11.9. The van der Waals surface area contributed by atoms with Crippen molar-refractivity contribution in [2.24, 2.45) is 0 Å². The van der Waals surface area contributed by atoms with Gasteiger partial charge in [-0.2, -0.15) is 0 Å². The maximum absolute atomic E-state index is 14.4. The number of pyridine rings is 1. The first-order chi connectivity index (χ1) is 9.20. The van der Waals surface area contributed by atoms with E-state index < -0.39 is 0 Å². The molecular weight excluding hydrogens is 265 g/mol. The van der Waals surface area contributed by atoms with Crippen molar-refractivity contribution in [1.29, 1.82) is 0 Å². The molecule has 1 aromatic heterocycles. The van der Waals surface area contributed by atoms with Crippen molar-refractivity contribution in [2.45, 2.75) is 37.7 Å². The third kappa shape index (κ3) is 2.32. The molecule has 2 fully saturated rings. The first kappa shape index (κ1) is 13.1. The number of hydrogen-bond donors (Lipinski definition) is 0. The Bertz CT molecular complexity index is 468. The van der Waals surface area contributed by atoms with Crippen molar-refractivity contribution in [1.82, 2.24) is 9.88 Å². The zero-order chi connectivity index (χ0) is 13.4. The number of anilines is 1. The van der Waals surface area contributed by atoms with Crippen molar-refractivity contribution < 1.29 is 4.39 Å². The minimum absolute atomic E-state index is 0.194. The van der Waals surface area contributed by atoms with Crippen LogP contribution in [0.2, 0.25) is 0 Å². The largest absolute Gasteiger partial charge is 0.349 e. The summed E-state index contributed by atoms with van der Waals surface area (Å²) >= 11 is 5.77. The maximum atomic E-state index is 14.4. The van der Waals surface area contributed by atoms with Gasteiger partial charge in [0.2, 0.25) is 0 Å². The number of aromatic nitrogens is 1. The van der Waals surface area contributed by atoms with Crippen LogP contribution in [0.1, 0.15) is 25.3 Å². The summed E-state index contributed by atoms with van der Waals surface area (Å²) in [4.78, 5) is 8.88. The minimum Gasteiger partial charge on any atom is -0.349 e. The highest BCUT2D eigenvalue weighted by Crippen LogP contribution is 2.30. The standard InChI is InChI=1S/C14H19ClFN3/c1-10-8-18-6-2-3-12(18)9-19(10)14-13(16)11(7-15)4-5-17-14/h4-5,10,12H,2-3,6-9H2,1H3. The van der Waals surface area contributed by atoms with Crippen LogP contribution in [0.5, 0.6) is 0 Å². The van der Waals surface area contributed by atoms with E-state index in [9.17, 15) is 4.39 Å². The summed E-state index contributed by atoms with van der Waals surface area (Å²) in [6, 6.07) is 2.50. The van der Waals surface area contributed by atoms with Crippen LogP contribution in [-0.2, 0) is 5.88 Å². The molecule has 0 radical (unpaired) electrons. The molecule has 0 aliphatic carbocycles. The number of piperazine rings is 1. The average Bonchev–Trinajstić information content (AvgIpc) is 2.85. The molecule has 2 aliphatic heterocycles. The van der Waals surface area contributed by atoms with Crippen molar-refractivity contribution >= 4 is 17.4 Å². The molecule has 0 aromatic carbocycles. The Labute approximate surface area is 118 Å². The first-order valence-corrected chi connectivity index (χ1v) is 7.44. The van der Waals surface area contributed by atoms with E-state index in [2.05, 4.69) is 21.7 Å². The summed E-state index contributed by atoms with van der Waals surface area (Å²) in [5.41, 5.74) is 0.535. The molecule has 0 spiro atoms. The van der Waals surface area contributed by atoms with E-state index in [0.29, 0.717) is 23.5 Å². The second kappa shape index (κ2) is 5.25. The van der Waals surface area contributed by atoms with Crippen LogP contribution in [0.15, 0.2) is 12.3 Å². The fourth-order valence-corrected chi connectivity index (χ4v) is 3.46. The molecule has 1 aromatic rings. The Morgan fingerprint density at radius 2 is 2.32 bits per heavy atom. The summed E-state index contributed by atoms with van der Waals surface area (Å²) in [6.45, 7) is 5.19. The van der Waals surface area contributed by atoms with Gasteiger partial charge >= 0.3 is 0 Å². The summed E-state index contributed by atoms with van der Waals surface area (Å²) in [6.07, 6.45) is 4.12. The fourth-order valence-electron chi connectivity index (χ4n) is 3.26. The third-order valence-electron chi connectivity index (χ3n) is 4.30. The van der Waals surface area contributed by atoms with E-state index in [-0.39, 0.29) is 11.7 Å². The second-order valence-corrected chi connectivity index (χ2v) is 5.80. The Kier molecular flexibility index (Phi) is 3.63. The van der Waals surface area contributed by atoms with Gasteiger partial charge in [0.1, 0.15) is 0 Å². The molecule has 0 amide bonds. The lowest BCUT2D eigenvalue weighted by Crippen LogP contribution is -2.55. The topological polar surface area (TPSA) is 19.4 Å². The predicted molar refractivity (Wildman–Crippen MR) is 75.2 cm³/mol. The second-order valence-electron chi connectivity index (χ2n) is 5.53. The molecule has 2 aliphatic rings. The van der Waals surface area contributed by atoms with Gasteiger partial charge in [-0.05, 0) is 32.4 Å². The highest BCUT2D eigenvalue weighted by Gasteiger charge is 2.35. The number of fused-ring (bicyclic) bond motifs is 1. The Hall–Kier alpha value is -0.870. The average molecular weight is 284 g/mol. The highest BCUT2D eigenvalue weighted by molar-refractivity contribution is 6.17. The van der Waals surface area contributed by atoms with E-state index in [1.54, 1.807) is 12.3 Å². The molecule has 0 N–H and O–H groups in total. The lowest BCUT2D eigenvalue weighted by molar-refractivity contribution is 0.201. The third-order valence-corrected chi connectivity index (χ3v) is 4.59. The van der Waals surface area contributed by atoms with Crippen molar-refractivity contribution in [3.05, 3.63) is 23.6 Å². The Balaban J connectivity index is 1.89. The number of alkyl halides is 1. The number of hydrogen-bond acceptors (Lipinski definition) is 3. The van der Waals surface area contributed by atoms with Crippen LogP contribution >= 0.6 is 11.6 Å². The molecule has 2 unspecified atom stereocenters. The monoisotopic (exact) mass is 283 g/mol. The van der Waals surface area contributed by atoms with Crippen LogP contribution in [0, 0.1) is 5.82 Å². The molecule has 0 saturated carbocycles. The van der Waals surface area contributed by atoms with Crippen molar-refractivity contribution in [3.63, 3.8) is 0 Å². The lowest BCUT2D eigenvalue weighted by atomic mass is 10.1. The molecule has 3 rings (SSSR count). The number of rotatable bonds is 2. The Morgan fingerprint density at radius 3 is 3.11 bits per heavy atom. The highest BCUT2D eigenvalue weighted by atomic mass is 35.5. The molecule has 5 heteroatoms. The lowest BCUT2D eigenvalue weighted by Gasteiger charge is -2.43. The first-order valence-electron chi connectivity index (χ1n) is 6.90. The van der Waals surface area contributed by atoms with Gasteiger partial charge in [0.25, 0.3) is 0 Å². The molecule has 0 bridgehead atoms. The van der Waals surface area contributed by atoms with E-state index in [4.69, 9.17) is 11.6 Å². The van der Waals surface area contributed by atoms with Crippen molar-refractivity contribution in [3.8, 4) is 0 Å². The maximum Gasteiger partial charge on any atom is 0.170 e. The van der Waals surface area contributed by atoms with Gasteiger partial charge in [0, 0.05) is 36.9 Å². The van der Waals surface area contributed by atoms with Gasteiger partial charge in [0.05, 0.1) is 5.88 Å². The molecule has 3 heterocycles. The van der Waals surface area contributed by atoms with E-state index in [0.717, 1.165) is 13.1 Å². The van der Waals surface area contributed by atoms with Gasteiger partial charge in [-0.1, -0.05) is 0 Å². The van der Waals surface area contributed by atoms with E-state index in [1.807, 2.05) is 0 Å². The van der Waals surface area contributed by atoms with Crippen LogP contribution < -0.4 is 4.90 Å². The van der Waals surface area contributed by atoms with E-state index >= 15 is 0 Å². The summed E-state index contributed by atoms with van der Waals surface area (Å²) in [5.74, 6) is 0.409. The number of halogens is 2. The van der Waals surface area contributed by atoms with Gasteiger partial charge in [-0.25, -0.2) is 9.37 Å². The van der Waals surface area contributed by atoms with E-state index in [1.165, 1.54) is 19.4 Å². The summed E-state index contributed by atoms with van der Waals surface area (Å²) in [5, 5.41) is 0. The SMILES string of the molecule is CC1CN2CCCC2CN1c1nccc(CCl)c1F. The van der Waals surface area contributed by atoms with Gasteiger partial charge in [-0.3, -0.25) is 4.90 Å².